The van der Waals surface area contributed by atoms with Crippen LogP contribution in [0.5, 0.6) is 5.75 Å². The molecular weight excluding hydrogens is 698 g/mol. The lowest BCUT2D eigenvalue weighted by molar-refractivity contribution is 0.307. The summed E-state index contributed by atoms with van der Waals surface area (Å²) >= 11 is 7.38. The highest BCUT2D eigenvalue weighted by Crippen LogP contribution is 2.40. The van der Waals surface area contributed by atoms with Crippen molar-refractivity contribution in [3.63, 3.8) is 0 Å². The van der Waals surface area contributed by atoms with E-state index in [1.807, 2.05) is 18.2 Å². The van der Waals surface area contributed by atoms with E-state index >= 15 is 0 Å². The number of hydrogen-bond donors (Lipinski definition) is 1. The minimum atomic E-state index is -3.53. The first-order valence-corrected chi connectivity index (χ1v) is 17.7. The van der Waals surface area contributed by atoms with Gasteiger partial charge in [-0.2, -0.15) is 0 Å². The predicted octanol–water partition coefficient (Wildman–Crippen LogP) is 9.88. The van der Waals surface area contributed by atoms with Gasteiger partial charge in [0.1, 0.15) is 12.4 Å². The number of ether oxygens (including phenoxy) is 1. The van der Waals surface area contributed by atoms with Crippen LogP contribution in [0.3, 0.4) is 0 Å². The molecule has 0 saturated carbocycles. The molecule has 8 heteroatoms. The van der Waals surface area contributed by atoms with Crippen LogP contribution in [0.2, 0.25) is 0 Å². The van der Waals surface area contributed by atoms with Crippen LogP contribution in [0.25, 0.3) is 6.08 Å². The zero-order valence-electron chi connectivity index (χ0n) is 23.6. The van der Waals surface area contributed by atoms with Crippen LogP contribution in [-0.2, 0) is 28.5 Å². The first kappa shape index (κ1) is 32.3. The summed E-state index contributed by atoms with van der Waals surface area (Å²) in [5, 5.41) is 0.962. The fourth-order valence-electron chi connectivity index (χ4n) is 4.95. The highest BCUT2D eigenvalue weighted by Gasteiger charge is 2.23. The average molecular weight is 732 g/mol. The summed E-state index contributed by atoms with van der Waals surface area (Å²) in [5.74, 6) is 1.29. The SMILES string of the molecule is Cc1ccc(COc2cc3c(cc2N)C(Cc2cc(Br)c(C)c(Br)c2)CCC3)cc1.O=S(=O)(Cl)/C=C/c1ccccc1. The van der Waals surface area contributed by atoms with Crippen LogP contribution in [0, 0.1) is 13.8 Å². The number of benzene rings is 4. The van der Waals surface area contributed by atoms with E-state index in [9.17, 15) is 8.42 Å². The molecule has 0 radical (unpaired) electrons. The molecule has 0 bridgehead atoms. The Kier molecular flexibility index (Phi) is 11.3. The van der Waals surface area contributed by atoms with Gasteiger partial charge in [0.15, 0.2) is 0 Å². The topological polar surface area (TPSA) is 69.4 Å². The lowest BCUT2D eigenvalue weighted by Gasteiger charge is -2.27. The van der Waals surface area contributed by atoms with Gasteiger partial charge in [0, 0.05) is 25.0 Å². The molecule has 2 N–H and O–H groups in total. The van der Waals surface area contributed by atoms with Crippen LogP contribution >= 0.6 is 42.5 Å². The van der Waals surface area contributed by atoms with Gasteiger partial charge in [-0.25, -0.2) is 8.42 Å². The first-order chi connectivity index (χ1) is 20.0. The molecule has 42 heavy (non-hydrogen) atoms. The summed E-state index contributed by atoms with van der Waals surface area (Å²) in [5.41, 5.74) is 15.7. The Labute approximate surface area is 270 Å². The third-order valence-electron chi connectivity index (χ3n) is 7.27. The molecule has 1 aliphatic rings. The maximum absolute atomic E-state index is 10.5. The number of anilines is 1. The molecule has 0 aromatic heterocycles. The predicted molar refractivity (Wildman–Crippen MR) is 183 cm³/mol. The Morgan fingerprint density at radius 3 is 2.26 bits per heavy atom. The largest absolute Gasteiger partial charge is 0.487 e. The third-order valence-corrected chi connectivity index (χ3v) is 9.69. The van der Waals surface area contributed by atoms with Crippen molar-refractivity contribution in [1.82, 2.24) is 0 Å². The minimum Gasteiger partial charge on any atom is -0.487 e. The Morgan fingerprint density at radius 2 is 1.62 bits per heavy atom. The normalized spacial score (nSPS) is 14.6. The van der Waals surface area contributed by atoms with Gasteiger partial charge >= 0.3 is 0 Å². The molecule has 1 unspecified atom stereocenters. The van der Waals surface area contributed by atoms with Crippen LogP contribution in [0.15, 0.2) is 93.2 Å². The minimum absolute atomic E-state index is 0.490. The van der Waals surface area contributed by atoms with Crippen LogP contribution < -0.4 is 10.5 Å². The highest BCUT2D eigenvalue weighted by atomic mass is 79.9. The lowest BCUT2D eigenvalue weighted by atomic mass is 9.79. The molecule has 4 nitrogen and oxygen atoms in total. The molecule has 1 aliphatic carbocycles. The number of halogens is 3. The van der Waals surface area contributed by atoms with E-state index in [4.69, 9.17) is 21.2 Å². The summed E-state index contributed by atoms with van der Waals surface area (Å²) < 4.78 is 29.4. The summed E-state index contributed by atoms with van der Waals surface area (Å²) in [6, 6.07) is 26.3. The number of hydrogen-bond acceptors (Lipinski definition) is 4. The molecule has 1 atom stereocenters. The van der Waals surface area contributed by atoms with Crippen LogP contribution in [0.1, 0.15) is 57.7 Å². The van der Waals surface area contributed by atoms with Crippen molar-refractivity contribution in [3.05, 3.63) is 132 Å². The molecule has 0 spiro atoms. The Balaban J connectivity index is 0.000000283. The van der Waals surface area contributed by atoms with E-state index in [1.54, 1.807) is 12.1 Å². The van der Waals surface area contributed by atoms with Crippen molar-refractivity contribution in [2.45, 2.75) is 52.1 Å². The number of rotatable bonds is 7. The molecule has 4 aromatic carbocycles. The maximum Gasteiger partial charge on any atom is 0.254 e. The number of aryl methyl sites for hydroxylation is 2. The van der Waals surface area contributed by atoms with E-state index in [1.165, 1.54) is 46.7 Å². The van der Waals surface area contributed by atoms with E-state index in [2.05, 4.69) is 94.2 Å². The summed E-state index contributed by atoms with van der Waals surface area (Å²) in [4.78, 5) is 0. The Morgan fingerprint density at radius 1 is 0.952 bits per heavy atom. The van der Waals surface area contributed by atoms with E-state index in [-0.39, 0.29) is 0 Å². The average Bonchev–Trinajstić information content (AvgIpc) is 2.95. The standard InChI is InChI=1S/C26H27Br2NO.C8H7ClO2S/c1-16-6-8-18(9-7-16)15-30-26-13-21-5-3-4-20(22(21)14-25(26)29)10-19-11-23(27)17(2)24(28)12-19;9-12(10,11)7-6-8-4-2-1-3-5-8/h6-9,11-14,20H,3-5,10,15,29H2,1-2H3;1-7H/b;7-6+. The fraction of sp³-hybridized carbons (Fsp3) is 0.235. The fourth-order valence-corrected chi connectivity index (χ4v) is 6.71. The van der Waals surface area contributed by atoms with Crippen molar-refractivity contribution in [2.75, 3.05) is 5.73 Å². The van der Waals surface area contributed by atoms with Crippen molar-refractivity contribution in [2.24, 2.45) is 0 Å². The van der Waals surface area contributed by atoms with E-state index < -0.39 is 9.05 Å². The summed E-state index contributed by atoms with van der Waals surface area (Å²) in [6.07, 6.45) is 5.95. The second-order valence-corrected chi connectivity index (χ2v) is 14.8. The molecule has 220 valence electrons. The molecule has 0 aliphatic heterocycles. The smallest absolute Gasteiger partial charge is 0.254 e. The first-order valence-electron chi connectivity index (χ1n) is 13.7. The lowest BCUT2D eigenvalue weighted by Crippen LogP contribution is -2.13. The number of nitrogen functional groups attached to an aromatic ring is 1. The molecule has 4 aromatic rings. The Bertz CT molecular complexity index is 1630. The second-order valence-electron chi connectivity index (χ2n) is 10.5. The second kappa shape index (κ2) is 14.7. The van der Waals surface area contributed by atoms with Gasteiger partial charge in [-0.05, 0) is 109 Å². The quantitative estimate of drug-likeness (QED) is 0.152. The molecular formula is C34H34Br2ClNO3S. The van der Waals surface area contributed by atoms with Gasteiger partial charge in [0.25, 0.3) is 9.05 Å². The molecule has 0 fully saturated rings. The van der Waals surface area contributed by atoms with Crippen molar-refractivity contribution in [1.29, 1.82) is 0 Å². The monoisotopic (exact) mass is 729 g/mol. The van der Waals surface area contributed by atoms with Gasteiger partial charge < -0.3 is 10.5 Å². The zero-order valence-corrected chi connectivity index (χ0v) is 28.4. The van der Waals surface area contributed by atoms with Gasteiger partial charge in [0.05, 0.1) is 5.69 Å². The highest BCUT2D eigenvalue weighted by molar-refractivity contribution is 9.11. The van der Waals surface area contributed by atoms with Gasteiger partial charge in [-0.1, -0.05) is 92.0 Å². The van der Waals surface area contributed by atoms with E-state index in [0.717, 1.165) is 49.8 Å². The van der Waals surface area contributed by atoms with E-state index in [0.29, 0.717) is 12.5 Å². The molecule has 0 heterocycles. The van der Waals surface area contributed by atoms with Gasteiger partial charge in [-0.3, -0.25) is 0 Å². The van der Waals surface area contributed by atoms with Crippen LogP contribution in [0.4, 0.5) is 5.69 Å². The molecule has 5 rings (SSSR count). The zero-order chi connectivity index (χ0) is 30.3. The summed E-state index contributed by atoms with van der Waals surface area (Å²) in [6.45, 7) is 4.75. The maximum atomic E-state index is 10.5. The van der Waals surface area contributed by atoms with Gasteiger partial charge in [0.2, 0.25) is 0 Å². The van der Waals surface area contributed by atoms with Crippen molar-refractivity contribution < 1.29 is 13.2 Å². The van der Waals surface area contributed by atoms with Crippen molar-refractivity contribution >= 4 is 63.4 Å². The van der Waals surface area contributed by atoms with Gasteiger partial charge in [-0.15, -0.1) is 0 Å². The molecule has 0 amide bonds. The van der Waals surface area contributed by atoms with Crippen LogP contribution in [-0.4, -0.2) is 8.42 Å². The Hall–Kier alpha value is -2.58. The summed E-state index contributed by atoms with van der Waals surface area (Å²) in [7, 11) is 1.44. The van der Waals surface area contributed by atoms with Crippen molar-refractivity contribution in [3.8, 4) is 5.75 Å². The third kappa shape index (κ3) is 9.46. The number of nitrogens with two attached hydrogens (primary N) is 1. The molecule has 0 saturated heterocycles. The number of fused-ring (bicyclic) bond motifs is 1.